The first-order valence-corrected chi connectivity index (χ1v) is 5.55. The Morgan fingerprint density at radius 1 is 1.46 bits per heavy atom. The molecule has 7 heteroatoms. The number of nitrogens with two attached hydrogens (primary N) is 1. The van der Waals surface area contributed by atoms with Gasteiger partial charge in [-0.3, -0.25) is 4.84 Å². The van der Waals surface area contributed by atoms with E-state index in [1.165, 1.54) is 11.4 Å². The van der Waals surface area contributed by atoms with E-state index in [0.29, 0.717) is 25.9 Å². The van der Waals surface area contributed by atoms with Crippen molar-refractivity contribution in [2.45, 2.75) is 18.9 Å². The summed E-state index contributed by atoms with van der Waals surface area (Å²) in [6.45, 7) is 0.916. The summed E-state index contributed by atoms with van der Waals surface area (Å²) in [6, 6.07) is 0.119. The molecule has 0 aliphatic carbocycles. The Bertz CT molecular complexity index is 246. The van der Waals surface area contributed by atoms with E-state index in [2.05, 4.69) is 4.84 Å². The monoisotopic (exact) mass is 209 g/mol. The first-order valence-electron chi connectivity index (χ1n) is 4.11. The third-order valence-electron chi connectivity index (χ3n) is 2.03. The van der Waals surface area contributed by atoms with Crippen LogP contribution in [0.15, 0.2) is 0 Å². The number of hydrogen-bond donors (Lipinski definition) is 2. The van der Waals surface area contributed by atoms with Crippen molar-refractivity contribution in [3.63, 3.8) is 0 Å². The van der Waals surface area contributed by atoms with Gasteiger partial charge in [-0.2, -0.15) is 12.7 Å². The Morgan fingerprint density at radius 3 is 2.46 bits per heavy atom. The van der Waals surface area contributed by atoms with E-state index in [9.17, 15) is 8.42 Å². The summed E-state index contributed by atoms with van der Waals surface area (Å²) in [6.07, 6.45) is 1.40. The van der Waals surface area contributed by atoms with Crippen molar-refractivity contribution < 1.29 is 13.3 Å². The highest BCUT2D eigenvalue weighted by molar-refractivity contribution is 7.87. The second-order valence-corrected chi connectivity index (χ2v) is 4.66. The fraction of sp³-hybridized carbons (Fsp3) is 1.00. The van der Waals surface area contributed by atoms with E-state index < -0.39 is 10.2 Å². The van der Waals surface area contributed by atoms with Gasteiger partial charge >= 0.3 is 10.2 Å². The second kappa shape index (κ2) is 4.34. The zero-order chi connectivity index (χ0) is 9.90. The van der Waals surface area contributed by atoms with Crippen LogP contribution in [0.25, 0.3) is 0 Å². The van der Waals surface area contributed by atoms with E-state index in [0.717, 1.165) is 0 Å². The molecule has 0 aromatic rings. The third-order valence-corrected chi connectivity index (χ3v) is 3.45. The average Bonchev–Trinajstić information content (AvgIpc) is 2.05. The summed E-state index contributed by atoms with van der Waals surface area (Å²) in [5.41, 5.74) is 5.64. The molecule has 1 rings (SSSR count). The Morgan fingerprint density at radius 2 is 2.00 bits per heavy atom. The smallest absolute Gasteiger partial charge is 0.301 e. The zero-order valence-corrected chi connectivity index (χ0v) is 8.38. The van der Waals surface area contributed by atoms with Gasteiger partial charge < -0.3 is 5.73 Å². The molecular weight excluding hydrogens is 194 g/mol. The number of hydrogen-bond acceptors (Lipinski definition) is 4. The topological polar surface area (TPSA) is 84.7 Å². The highest BCUT2D eigenvalue weighted by Crippen LogP contribution is 2.10. The van der Waals surface area contributed by atoms with Crippen molar-refractivity contribution >= 4 is 10.2 Å². The summed E-state index contributed by atoms with van der Waals surface area (Å²) < 4.78 is 24.0. The van der Waals surface area contributed by atoms with Crippen molar-refractivity contribution in [3.8, 4) is 0 Å². The van der Waals surface area contributed by atoms with Crippen LogP contribution in [0.1, 0.15) is 12.8 Å². The van der Waals surface area contributed by atoms with Gasteiger partial charge in [-0.1, -0.05) is 4.89 Å². The average molecular weight is 209 g/mol. The van der Waals surface area contributed by atoms with Crippen LogP contribution < -0.4 is 10.6 Å². The maximum Gasteiger partial charge on any atom is 0.301 e. The molecule has 0 aromatic heterocycles. The highest BCUT2D eigenvalue weighted by Gasteiger charge is 2.26. The molecule has 13 heavy (non-hydrogen) atoms. The Balaban J connectivity index is 2.53. The summed E-state index contributed by atoms with van der Waals surface area (Å²) >= 11 is 0. The number of rotatable bonds is 3. The first kappa shape index (κ1) is 10.9. The molecule has 6 nitrogen and oxygen atoms in total. The van der Waals surface area contributed by atoms with Crippen LogP contribution in [0.5, 0.6) is 0 Å². The molecule has 0 atom stereocenters. The van der Waals surface area contributed by atoms with Crippen molar-refractivity contribution in [1.82, 2.24) is 9.19 Å². The Kier molecular flexibility index (Phi) is 3.63. The predicted octanol–water partition coefficient (Wildman–Crippen LogP) is -1.19. The van der Waals surface area contributed by atoms with Crippen LogP contribution in [-0.2, 0) is 15.0 Å². The van der Waals surface area contributed by atoms with Gasteiger partial charge in [0.15, 0.2) is 0 Å². The summed E-state index contributed by atoms with van der Waals surface area (Å²) in [5, 5.41) is 0. The molecule has 1 fully saturated rings. The minimum atomic E-state index is -3.45. The van der Waals surface area contributed by atoms with Gasteiger partial charge in [0.25, 0.3) is 0 Å². The first-order chi connectivity index (χ1) is 6.06. The summed E-state index contributed by atoms with van der Waals surface area (Å²) in [5.74, 6) is 0. The lowest BCUT2D eigenvalue weighted by atomic mass is 10.1. The van der Waals surface area contributed by atoms with E-state index in [-0.39, 0.29) is 6.04 Å². The van der Waals surface area contributed by atoms with E-state index in [1.54, 1.807) is 0 Å². The van der Waals surface area contributed by atoms with Gasteiger partial charge in [-0.05, 0) is 12.8 Å². The molecular formula is C6H15N3O3S. The molecule has 0 aromatic carbocycles. The van der Waals surface area contributed by atoms with Crippen molar-refractivity contribution in [1.29, 1.82) is 0 Å². The van der Waals surface area contributed by atoms with Crippen LogP contribution in [0.4, 0.5) is 0 Å². The minimum absolute atomic E-state index is 0.119. The normalized spacial score (nSPS) is 22.0. The van der Waals surface area contributed by atoms with E-state index in [4.69, 9.17) is 5.73 Å². The Labute approximate surface area is 78.2 Å². The maximum atomic E-state index is 11.3. The summed E-state index contributed by atoms with van der Waals surface area (Å²) in [4.78, 5) is 6.34. The van der Waals surface area contributed by atoms with Gasteiger partial charge in [0.1, 0.15) is 0 Å². The molecule has 1 saturated heterocycles. The summed E-state index contributed by atoms with van der Waals surface area (Å²) in [7, 11) is -2.18. The van der Waals surface area contributed by atoms with Crippen LogP contribution in [0.2, 0.25) is 0 Å². The third kappa shape index (κ3) is 2.89. The van der Waals surface area contributed by atoms with Gasteiger partial charge in [0.05, 0.1) is 7.11 Å². The molecule has 0 bridgehead atoms. The van der Waals surface area contributed by atoms with E-state index >= 15 is 0 Å². The fourth-order valence-corrected chi connectivity index (χ4v) is 2.28. The van der Waals surface area contributed by atoms with Crippen molar-refractivity contribution in [3.05, 3.63) is 0 Å². The largest absolute Gasteiger partial charge is 0.328 e. The number of nitrogens with zero attached hydrogens (tertiary/aromatic N) is 1. The number of nitrogens with one attached hydrogen (secondary N) is 1. The molecule has 0 amide bonds. The van der Waals surface area contributed by atoms with Crippen LogP contribution in [0.3, 0.4) is 0 Å². The standard InChI is InChI=1S/C6H15N3O3S/c1-12-8-13(10,11)9-4-2-6(7)3-5-9/h6,8H,2-5,7H2,1H3. The lowest BCUT2D eigenvalue weighted by Crippen LogP contribution is -2.47. The molecule has 1 aliphatic rings. The SMILES string of the molecule is CONS(=O)(=O)N1CCC(N)CC1. The van der Waals surface area contributed by atoms with Crippen LogP contribution in [-0.4, -0.2) is 39.0 Å². The van der Waals surface area contributed by atoms with Gasteiger partial charge in [-0.25, -0.2) is 0 Å². The van der Waals surface area contributed by atoms with Gasteiger partial charge in [0, 0.05) is 19.1 Å². The lowest BCUT2D eigenvalue weighted by Gasteiger charge is -2.28. The van der Waals surface area contributed by atoms with Crippen molar-refractivity contribution in [2.24, 2.45) is 5.73 Å². The molecule has 78 valence electrons. The van der Waals surface area contributed by atoms with Crippen LogP contribution >= 0.6 is 0 Å². The van der Waals surface area contributed by atoms with Gasteiger partial charge in [-0.15, -0.1) is 0 Å². The number of piperidine rings is 1. The molecule has 0 unspecified atom stereocenters. The molecule has 1 aliphatic heterocycles. The van der Waals surface area contributed by atoms with Crippen LogP contribution in [0, 0.1) is 0 Å². The quantitative estimate of drug-likeness (QED) is 0.572. The van der Waals surface area contributed by atoms with E-state index in [1.807, 2.05) is 4.89 Å². The zero-order valence-electron chi connectivity index (χ0n) is 7.56. The Hall–Kier alpha value is -0.210. The van der Waals surface area contributed by atoms with Crippen molar-refractivity contribution in [2.75, 3.05) is 20.2 Å². The predicted molar refractivity (Wildman–Crippen MR) is 47.8 cm³/mol. The molecule has 3 N–H and O–H groups in total. The highest BCUT2D eigenvalue weighted by atomic mass is 32.2. The molecule has 0 saturated carbocycles. The second-order valence-electron chi connectivity index (χ2n) is 3.03. The maximum absolute atomic E-state index is 11.3. The fourth-order valence-electron chi connectivity index (χ4n) is 1.27. The van der Waals surface area contributed by atoms with Gasteiger partial charge in [0.2, 0.25) is 0 Å². The minimum Gasteiger partial charge on any atom is -0.328 e. The molecule has 0 radical (unpaired) electrons. The lowest BCUT2D eigenvalue weighted by molar-refractivity contribution is 0.143. The molecule has 1 heterocycles. The molecule has 0 spiro atoms.